The number of nitrogens with zero attached hydrogens (tertiary/aromatic N) is 4. The Hall–Kier alpha value is -2.44. The average Bonchev–Trinajstić information content (AvgIpc) is 3.19. The molecule has 0 aliphatic rings. The van der Waals surface area contributed by atoms with Crippen molar-refractivity contribution in [1.82, 2.24) is 14.3 Å². The van der Waals surface area contributed by atoms with E-state index >= 15 is 0 Å². The highest BCUT2D eigenvalue weighted by Gasteiger charge is 2.28. The summed E-state index contributed by atoms with van der Waals surface area (Å²) in [6.45, 7) is 11.2. The molecule has 7 heteroatoms. The van der Waals surface area contributed by atoms with Gasteiger partial charge in [-0.05, 0) is 75.6 Å². The molecule has 0 N–H and O–H groups in total. The van der Waals surface area contributed by atoms with Crippen LogP contribution in [0.25, 0.3) is 0 Å². The molecule has 158 valence electrons. The number of hydrogen-bond donors (Lipinski definition) is 0. The van der Waals surface area contributed by atoms with Crippen molar-refractivity contribution in [3.05, 3.63) is 63.9 Å². The molecule has 0 atom stereocenters. The first kappa shape index (κ1) is 22.2. The summed E-state index contributed by atoms with van der Waals surface area (Å²) in [6, 6.07) is 11.8. The summed E-state index contributed by atoms with van der Waals surface area (Å²) in [6.07, 6.45) is 1.85. The van der Waals surface area contributed by atoms with Gasteiger partial charge in [0.15, 0.2) is 5.82 Å². The highest BCUT2D eigenvalue weighted by molar-refractivity contribution is 7.07. The normalized spacial score (nSPS) is 11.8. The molecule has 0 radical (unpaired) electrons. The van der Waals surface area contributed by atoms with Crippen LogP contribution in [-0.2, 0) is 5.41 Å². The average molecular weight is 443 g/mol. The van der Waals surface area contributed by atoms with Crippen LogP contribution in [0.1, 0.15) is 43.3 Å². The van der Waals surface area contributed by atoms with Crippen molar-refractivity contribution in [2.24, 2.45) is 4.99 Å². The fourth-order valence-corrected chi connectivity index (χ4v) is 3.67. The van der Waals surface area contributed by atoms with Gasteiger partial charge in [0.1, 0.15) is 5.75 Å². The van der Waals surface area contributed by atoms with Gasteiger partial charge in [-0.25, -0.2) is 4.99 Å². The van der Waals surface area contributed by atoms with E-state index in [1.165, 1.54) is 11.5 Å². The molecule has 0 fully saturated rings. The van der Waals surface area contributed by atoms with Gasteiger partial charge in [0.2, 0.25) is 0 Å². The molecule has 0 saturated carbocycles. The van der Waals surface area contributed by atoms with Gasteiger partial charge < -0.3 is 9.64 Å². The van der Waals surface area contributed by atoms with Gasteiger partial charge >= 0.3 is 0 Å². The summed E-state index contributed by atoms with van der Waals surface area (Å²) < 4.78 is 10.6. The van der Waals surface area contributed by atoms with E-state index in [1.54, 1.807) is 0 Å². The molecule has 1 aromatic heterocycles. The molecule has 2 aromatic carbocycles. The molecule has 3 aromatic rings. The maximum absolute atomic E-state index is 6.08. The number of ether oxygens (including phenoxy) is 1. The molecule has 0 aliphatic heterocycles. The van der Waals surface area contributed by atoms with Gasteiger partial charge in [0.25, 0.3) is 5.19 Å². The topological polar surface area (TPSA) is 50.6 Å². The lowest BCUT2D eigenvalue weighted by molar-refractivity contribution is 0.468. The number of rotatable bonds is 7. The van der Waals surface area contributed by atoms with Gasteiger partial charge in [0.05, 0.1) is 17.4 Å². The van der Waals surface area contributed by atoms with Gasteiger partial charge in [-0.15, -0.1) is 0 Å². The largest absolute Gasteiger partial charge is 0.430 e. The number of aryl methyl sites for hydroxylation is 2. The van der Waals surface area contributed by atoms with Crippen LogP contribution < -0.4 is 4.74 Å². The van der Waals surface area contributed by atoms with Crippen LogP contribution in [0.2, 0.25) is 5.02 Å². The van der Waals surface area contributed by atoms with Crippen LogP contribution in [0.15, 0.2) is 41.4 Å². The van der Waals surface area contributed by atoms with Crippen molar-refractivity contribution in [2.75, 3.05) is 13.6 Å². The zero-order valence-electron chi connectivity index (χ0n) is 18.2. The number of halogens is 1. The van der Waals surface area contributed by atoms with Crippen molar-refractivity contribution in [3.8, 4) is 10.9 Å². The third-order valence-corrected chi connectivity index (χ3v) is 5.96. The van der Waals surface area contributed by atoms with Crippen molar-refractivity contribution < 1.29 is 4.74 Å². The maximum Gasteiger partial charge on any atom is 0.298 e. The SMILES string of the molecule is CCN(C)C=Nc1cc(C)c(Oc2nc(C(C)(C)c3ccc(Cl)cc3)ns2)cc1C. The second-order valence-corrected chi connectivity index (χ2v) is 8.99. The molecule has 30 heavy (non-hydrogen) atoms. The molecule has 0 aliphatic carbocycles. The minimum Gasteiger partial charge on any atom is -0.430 e. The van der Waals surface area contributed by atoms with Crippen molar-refractivity contribution in [2.45, 2.75) is 40.0 Å². The Labute approximate surface area is 187 Å². The van der Waals surface area contributed by atoms with Crippen LogP contribution in [0.4, 0.5) is 5.69 Å². The van der Waals surface area contributed by atoms with Crippen LogP contribution >= 0.6 is 23.1 Å². The summed E-state index contributed by atoms with van der Waals surface area (Å²) in [7, 11) is 2.00. The summed E-state index contributed by atoms with van der Waals surface area (Å²) in [5, 5.41) is 1.24. The smallest absolute Gasteiger partial charge is 0.298 e. The van der Waals surface area contributed by atoms with Crippen molar-refractivity contribution in [3.63, 3.8) is 0 Å². The molecule has 3 rings (SSSR count). The van der Waals surface area contributed by atoms with E-state index in [1.807, 2.05) is 68.5 Å². The van der Waals surface area contributed by atoms with Crippen molar-refractivity contribution in [1.29, 1.82) is 0 Å². The predicted molar refractivity (Wildman–Crippen MR) is 126 cm³/mol. The highest BCUT2D eigenvalue weighted by atomic mass is 35.5. The van der Waals surface area contributed by atoms with E-state index in [0.29, 0.717) is 10.2 Å². The zero-order chi connectivity index (χ0) is 21.9. The van der Waals surface area contributed by atoms with Crippen molar-refractivity contribution >= 4 is 35.2 Å². The molecule has 0 amide bonds. The Bertz CT molecular complexity index is 1040. The van der Waals surface area contributed by atoms with Gasteiger partial charge in [0, 0.05) is 30.1 Å². The summed E-state index contributed by atoms with van der Waals surface area (Å²) in [5.41, 5.74) is 3.73. The number of aromatic nitrogens is 2. The van der Waals surface area contributed by atoms with Gasteiger partial charge in [-0.3, -0.25) is 0 Å². The Balaban J connectivity index is 1.81. The van der Waals surface area contributed by atoms with E-state index in [2.05, 4.69) is 35.1 Å². The Kier molecular flexibility index (Phi) is 6.78. The predicted octanol–water partition coefficient (Wildman–Crippen LogP) is 6.54. The third-order valence-electron chi connectivity index (χ3n) is 5.12. The van der Waals surface area contributed by atoms with Crippen LogP contribution in [0, 0.1) is 13.8 Å². The summed E-state index contributed by atoms with van der Waals surface area (Å²) >= 11 is 7.28. The first-order valence-corrected chi connectivity index (χ1v) is 11.0. The molecule has 0 bridgehead atoms. The minimum atomic E-state index is -0.350. The second kappa shape index (κ2) is 9.14. The summed E-state index contributed by atoms with van der Waals surface area (Å²) in [5.74, 6) is 1.49. The molecule has 5 nitrogen and oxygen atoms in total. The Morgan fingerprint density at radius 2 is 1.87 bits per heavy atom. The first-order valence-electron chi connectivity index (χ1n) is 9.84. The highest BCUT2D eigenvalue weighted by Crippen LogP contribution is 2.35. The fourth-order valence-electron chi connectivity index (χ4n) is 2.86. The van der Waals surface area contributed by atoms with E-state index in [-0.39, 0.29) is 5.41 Å². The number of aliphatic imine (C=N–C) groups is 1. The lowest BCUT2D eigenvalue weighted by Crippen LogP contribution is -2.20. The molecule has 0 saturated heterocycles. The zero-order valence-corrected chi connectivity index (χ0v) is 19.8. The lowest BCUT2D eigenvalue weighted by atomic mass is 9.84. The first-order chi connectivity index (χ1) is 14.2. The van der Waals surface area contributed by atoms with Crippen LogP contribution in [-0.4, -0.2) is 34.2 Å². The monoisotopic (exact) mass is 442 g/mol. The summed E-state index contributed by atoms with van der Waals surface area (Å²) in [4.78, 5) is 11.3. The number of hydrogen-bond acceptors (Lipinski definition) is 5. The lowest BCUT2D eigenvalue weighted by Gasteiger charge is -2.21. The van der Waals surface area contributed by atoms with E-state index in [9.17, 15) is 0 Å². The molecular weight excluding hydrogens is 416 g/mol. The minimum absolute atomic E-state index is 0.350. The third kappa shape index (κ3) is 4.99. The van der Waals surface area contributed by atoms with Gasteiger partial charge in [-0.1, -0.05) is 23.7 Å². The van der Waals surface area contributed by atoms with Gasteiger partial charge in [-0.2, -0.15) is 9.36 Å². The van der Waals surface area contributed by atoms with E-state index in [4.69, 9.17) is 16.3 Å². The molecular formula is C23H27ClN4OS. The molecule has 1 heterocycles. The Morgan fingerprint density at radius 3 is 2.53 bits per heavy atom. The maximum atomic E-state index is 6.08. The molecule has 0 spiro atoms. The molecule has 0 unspecified atom stereocenters. The fraction of sp³-hybridized carbons (Fsp3) is 0.348. The van der Waals surface area contributed by atoms with Crippen LogP contribution in [0.5, 0.6) is 10.9 Å². The second-order valence-electron chi connectivity index (χ2n) is 7.84. The van der Waals surface area contributed by atoms with Crippen LogP contribution in [0.3, 0.4) is 0 Å². The quantitative estimate of drug-likeness (QED) is 0.308. The van der Waals surface area contributed by atoms with E-state index in [0.717, 1.165) is 40.5 Å². The number of benzene rings is 2. The standard InChI is InChI=1S/C23H27ClN4OS/c1-7-28(6)14-25-19-12-16(3)20(13-15(19)2)29-22-26-21(27-30-22)23(4,5)17-8-10-18(24)11-9-17/h8-14H,7H2,1-6H3. The van der Waals surface area contributed by atoms with E-state index < -0.39 is 0 Å². The Morgan fingerprint density at radius 1 is 1.17 bits per heavy atom.